The molecule has 0 radical (unpaired) electrons. The molecule has 5 aliphatic rings. The van der Waals surface area contributed by atoms with Gasteiger partial charge in [0.1, 0.15) is 0 Å². The van der Waals surface area contributed by atoms with Gasteiger partial charge < -0.3 is 10.6 Å². The van der Waals surface area contributed by atoms with Crippen LogP contribution in [0.1, 0.15) is 50.5 Å². The Morgan fingerprint density at radius 3 is 2.45 bits per heavy atom. The molecule has 4 aliphatic carbocycles. The SMILES string of the molecule is O=C(CC1C(=O)NCCN1CCCc1ccccc1)NCC1C2CC3CC(C2)CC1C3. The van der Waals surface area contributed by atoms with E-state index in [0.29, 0.717) is 12.5 Å². The van der Waals surface area contributed by atoms with Crippen LogP contribution in [0.4, 0.5) is 0 Å². The minimum atomic E-state index is -0.331. The number of benzene rings is 1. The van der Waals surface area contributed by atoms with E-state index in [9.17, 15) is 9.59 Å². The molecule has 1 aliphatic heterocycles. The van der Waals surface area contributed by atoms with E-state index in [0.717, 1.165) is 56.1 Å². The van der Waals surface area contributed by atoms with Gasteiger partial charge in [0.2, 0.25) is 11.8 Å². The van der Waals surface area contributed by atoms with Crippen LogP contribution in [0.5, 0.6) is 0 Å². The highest BCUT2D eigenvalue weighted by Crippen LogP contribution is 2.56. The molecule has 1 atom stereocenters. The summed E-state index contributed by atoms with van der Waals surface area (Å²) in [6.45, 7) is 3.18. The molecule has 31 heavy (non-hydrogen) atoms. The summed E-state index contributed by atoms with van der Waals surface area (Å²) in [6, 6.07) is 10.1. The second-order valence-corrected chi connectivity index (χ2v) is 10.5. The van der Waals surface area contributed by atoms with E-state index in [1.54, 1.807) is 0 Å². The third-order valence-electron chi connectivity index (χ3n) is 8.53. The first kappa shape index (κ1) is 21.0. The van der Waals surface area contributed by atoms with Crippen molar-refractivity contribution in [2.45, 2.75) is 57.4 Å². The van der Waals surface area contributed by atoms with Gasteiger partial charge in [-0.3, -0.25) is 14.5 Å². The zero-order chi connectivity index (χ0) is 21.2. The van der Waals surface area contributed by atoms with Crippen LogP contribution in [0.15, 0.2) is 30.3 Å². The van der Waals surface area contributed by atoms with Gasteiger partial charge in [-0.15, -0.1) is 0 Å². The Morgan fingerprint density at radius 2 is 1.74 bits per heavy atom. The van der Waals surface area contributed by atoms with E-state index in [-0.39, 0.29) is 24.3 Å². The summed E-state index contributed by atoms with van der Waals surface area (Å²) in [4.78, 5) is 27.6. The van der Waals surface area contributed by atoms with Gasteiger partial charge in [0.05, 0.1) is 12.5 Å². The predicted molar refractivity (Wildman–Crippen MR) is 121 cm³/mol. The maximum atomic E-state index is 12.8. The Morgan fingerprint density at radius 1 is 1.03 bits per heavy atom. The molecule has 0 spiro atoms. The molecule has 1 aromatic rings. The highest BCUT2D eigenvalue weighted by atomic mass is 16.2. The molecule has 1 saturated heterocycles. The minimum absolute atomic E-state index is 0.00994. The van der Waals surface area contributed by atoms with Crippen molar-refractivity contribution in [1.82, 2.24) is 15.5 Å². The number of carbonyl (C=O) groups is 2. The van der Waals surface area contributed by atoms with Gasteiger partial charge in [0.25, 0.3) is 0 Å². The van der Waals surface area contributed by atoms with Crippen molar-refractivity contribution in [3.05, 3.63) is 35.9 Å². The van der Waals surface area contributed by atoms with Crippen LogP contribution >= 0.6 is 0 Å². The number of piperazine rings is 1. The molecule has 1 unspecified atom stereocenters. The molecule has 5 fully saturated rings. The van der Waals surface area contributed by atoms with E-state index < -0.39 is 0 Å². The van der Waals surface area contributed by atoms with Gasteiger partial charge in [-0.25, -0.2) is 0 Å². The number of nitrogens with zero attached hydrogens (tertiary/aromatic N) is 1. The summed E-state index contributed by atoms with van der Waals surface area (Å²) in [7, 11) is 0. The fourth-order valence-corrected chi connectivity index (χ4v) is 7.23. The number of rotatable bonds is 8. The zero-order valence-electron chi connectivity index (χ0n) is 18.6. The van der Waals surface area contributed by atoms with Crippen molar-refractivity contribution in [2.24, 2.45) is 29.6 Å². The van der Waals surface area contributed by atoms with Gasteiger partial charge in [0.15, 0.2) is 0 Å². The lowest BCUT2D eigenvalue weighted by molar-refractivity contribution is -0.134. The van der Waals surface area contributed by atoms with E-state index in [4.69, 9.17) is 0 Å². The van der Waals surface area contributed by atoms with Gasteiger partial charge in [-0.1, -0.05) is 30.3 Å². The molecule has 2 amide bonds. The third-order valence-corrected chi connectivity index (χ3v) is 8.53. The van der Waals surface area contributed by atoms with E-state index in [2.05, 4.69) is 39.8 Å². The molecule has 6 rings (SSSR count). The topological polar surface area (TPSA) is 61.4 Å². The summed E-state index contributed by atoms with van der Waals surface area (Å²) in [5.41, 5.74) is 1.33. The van der Waals surface area contributed by atoms with Crippen LogP contribution in [-0.2, 0) is 16.0 Å². The average molecular weight is 424 g/mol. The summed E-state index contributed by atoms with van der Waals surface area (Å²) in [6.07, 6.45) is 9.28. The number of carbonyl (C=O) groups excluding carboxylic acids is 2. The summed E-state index contributed by atoms with van der Waals surface area (Å²) >= 11 is 0. The molecule has 1 heterocycles. The molecular formula is C26H37N3O2. The van der Waals surface area contributed by atoms with Crippen LogP contribution in [0, 0.1) is 29.6 Å². The molecule has 2 N–H and O–H groups in total. The Kier molecular flexibility index (Phi) is 6.31. The second-order valence-electron chi connectivity index (χ2n) is 10.5. The highest BCUT2D eigenvalue weighted by molar-refractivity contribution is 5.88. The Bertz CT molecular complexity index is 752. The monoisotopic (exact) mass is 423 g/mol. The van der Waals surface area contributed by atoms with Crippen LogP contribution in [0.3, 0.4) is 0 Å². The van der Waals surface area contributed by atoms with Crippen LogP contribution < -0.4 is 10.6 Å². The maximum absolute atomic E-state index is 12.8. The van der Waals surface area contributed by atoms with Gasteiger partial charge in [-0.05, 0) is 86.6 Å². The van der Waals surface area contributed by atoms with E-state index >= 15 is 0 Å². The molecule has 5 nitrogen and oxygen atoms in total. The molecular weight excluding hydrogens is 386 g/mol. The zero-order valence-corrected chi connectivity index (χ0v) is 18.6. The molecule has 1 aromatic carbocycles. The van der Waals surface area contributed by atoms with Gasteiger partial charge >= 0.3 is 0 Å². The Balaban J connectivity index is 1.11. The smallest absolute Gasteiger partial charge is 0.237 e. The molecule has 4 saturated carbocycles. The normalized spacial score (nSPS) is 34.5. The number of nitrogens with one attached hydrogen (secondary N) is 2. The highest BCUT2D eigenvalue weighted by Gasteiger charge is 2.48. The first-order chi connectivity index (χ1) is 15.2. The van der Waals surface area contributed by atoms with Crippen molar-refractivity contribution in [1.29, 1.82) is 0 Å². The maximum Gasteiger partial charge on any atom is 0.237 e. The molecule has 168 valence electrons. The van der Waals surface area contributed by atoms with Crippen molar-refractivity contribution >= 4 is 11.8 Å². The number of hydrogen-bond donors (Lipinski definition) is 2. The summed E-state index contributed by atoms with van der Waals surface area (Å²) in [5, 5.41) is 6.20. The van der Waals surface area contributed by atoms with Crippen LogP contribution in [-0.4, -0.2) is 48.9 Å². The fourth-order valence-electron chi connectivity index (χ4n) is 7.23. The Labute approximate surface area is 186 Å². The predicted octanol–water partition coefficient (Wildman–Crippen LogP) is 3.00. The summed E-state index contributed by atoms with van der Waals surface area (Å²) in [5.74, 6) is 4.29. The molecule has 0 aromatic heterocycles. The van der Waals surface area contributed by atoms with Gasteiger partial charge in [-0.2, -0.15) is 0 Å². The lowest BCUT2D eigenvalue weighted by Gasteiger charge is -2.54. The lowest BCUT2D eigenvalue weighted by atomic mass is 9.52. The second kappa shape index (κ2) is 9.32. The quantitative estimate of drug-likeness (QED) is 0.676. The van der Waals surface area contributed by atoms with Crippen LogP contribution in [0.2, 0.25) is 0 Å². The van der Waals surface area contributed by atoms with Crippen molar-refractivity contribution in [2.75, 3.05) is 26.2 Å². The standard InChI is InChI=1S/C26H37N3O2/c30-25(28-17-23-21-12-19-11-20(14-21)15-22(23)13-19)16-24-26(31)27-8-10-29(24)9-4-7-18-5-2-1-3-6-18/h1-3,5-6,19-24H,4,7-17H2,(H,27,31)(H,28,30). The number of aryl methyl sites for hydroxylation is 1. The van der Waals surface area contributed by atoms with E-state index in [1.807, 2.05) is 6.07 Å². The Hall–Kier alpha value is -1.88. The minimum Gasteiger partial charge on any atom is -0.356 e. The van der Waals surface area contributed by atoms with Crippen molar-refractivity contribution in [3.8, 4) is 0 Å². The third kappa shape index (κ3) is 4.82. The average Bonchev–Trinajstić information content (AvgIpc) is 2.76. The lowest BCUT2D eigenvalue weighted by Crippen LogP contribution is -2.57. The summed E-state index contributed by atoms with van der Waals surface area (Å²) < 4.78 is 0. The molecule has 4 bridgehead atoms. The van der Waals surface area contributed by atoms with Gasteiger partial charge in [0, 0.05) is 19.6 Å². The largest absolute Gasteiger partial charge is 0.356 e. The molecule has 5 heteroatoms. The van der Waals surface area contributed by atoms with E-state index in [1.165, 1.54) is 37.7 Å². The number of hydrogen-bond acceptors (Lipinski definition) is 3. The van der Waals surface area contributed by atoms with Crippen molar-refractivity contribution in [3.63, 3.8) is 0 Å². The fraction of sp³-hybridized carbons (Fsp3) is 0.692. The van der Waals surface area contributed by atoms with Crippen LogP contribution in [0.25, 0.3) is 0 Å². The number of amides is 2. The van der Waals surface area contributed by atoms with Crippen molar-refractivity contribution < 1.29 is 9.59 Å². The first-order valence-electron chi connectivity index (χ1n) is 12.5. The first-order valence-corrected chi connectivity index (χ1v) is 12.5.